The Labute approximate surface area is 172 Å². The number of carbonyl (C=O) groups excluding carboxylic acids is 1. The van der Waals surface area contributed by atoms with E-state index in [0.717, 1.165) is 40.7 Å². The van der Waals surface area contributed by atoms with Crippen molar-refractivity contribution in [1.82, 2.24) is 14.5 Å². The van der Waals surface area contributed by atoms with Crippen LogP contribution in [-0.4, -0.2) is 41.9 Å². The van der Waals surface area contributed by atoms with Crippen molar-refractivity contribution in [2.75, 3.05) is 18.4 Å². The molecule has 0 spiro atoms. The SMILES string of the molecule is CCCCc1nnc(NC(=O)C2CCN(S(=O)(=O)c3cc(F)ccc3F)CC2)s1. The molecule has 1 N–H and O–H groups in total. The molecule has 1 aliphatic heterocycles. The Hall–Kier alpha value is -1.98. The van der Waals surface area contributed by atoms with E-state index in [9.17, 15) is 22.0 Å². The van der Waals surface area contributed by atoms with Crippen molar-refractivity contribution in [2.45, 2.75) is 43.9 Å². The van der Waals surface area contributed by atoms with Gasteiger partial charge >= 0.3 is 0 Å². The molecular formula is C18H22F2N4O3S2. The van der Waals surface area contributed by atoms with Gasteiger partial charge < -0.3 is 5.32 Å². The summed E-state index contributed by atoms with van der Waals surface area (Å²) in [5.74, 6) is -2.45. The number of aromatic nitrogens is 2. The molecule has 7 nitrogen and oxygen atoms in total. The zero-order chi connectivity index (χ0) is 21.0. The van der Waals surface area contributed by atoms with E-state index in [1.54, 1.807) is 0 Å². The number of hydrogen-bond acceptors (Lipinski definition) is 6. The molecule has 1 aromatic carbocycles. The molecule has 0 atom stereocenters. The number of rotatable bonds is 7. The van der Waals surface area contributed by atoms with Crippen molar-refractivity contribution >= 4 is 32.4 Å². The van der Waals surface area contributed by atoms with Crippen molar-refractivity contribution in [3.05, 3.63) is 34.8 Å². The van der Waals surface area contributed by atoms with Gasteiger partial charge in [0, 0.05) is 25.4 Å². The number of unbranched alkanes of at least 4 members (excludes halogenated alkanes) is 1. The molecule has 1 amide bonds. The van der Waals surface area contributed by atoms with Gasteiger partial charge in [-0.25, -0.2) is 17.2 Å². The lowest BCUT2D eigenvalue weighted by atomic mass is 9.97. The summed E-state index contributed by atoms with van der Waals surface area (Å²) in [6.45, 7) is 2.18. The number of nitrogens with zero attached hydrogens (tertiary/aromatic N) is 3. The average molecular weight is 445 g/mol. The maximum absolute atomic E-state index is 13.9. The van der Waals surface area contributed by atoms with E-state index < -0.39 is 26.6 Å². The van der Waals surface area contributed by atoms with Gasteiger partial charge in [-0.1, -0.05) is 24.7 Å². The molecular weight excluding hydrogens is 422 g/mol. The Morgan fingerprint density at radius 2 is 2.00 bits per heavy atom. The first-order valence-electron chi connectivity index (χ1n) is 9.39. The zero-order valence-corrected chi connectivity index (χ0v) is 17.5. The first kappa shape index (κ1) is 21.7. The summed E-state index contributed by atoms with van der Waals surface area (Å²) < 4.78 is 53.6. The van der Waals surface area contributed by atoms with Gasteiger partial charge in [-0.05, 0) is 37.5 Å². The second kappa shape index (κ2) is 9.23. The number of hydrogen-bond donors (Lipinski definition) is 1. The predicted molar refractivity (Wildman–Crippen MR) is 105 cm³/mol. The lowest BCUT2D eigenvalue weighted by Gasteiger charge is -2.30. The fraction of sp³-hybridized carbons (Fsp3) is 0.500. The predicted octanol–water partition coefficient (Wildman–Crippen LogP) is 3.20. The first-order chi connectivity index (χ1) is 13.8. The maximum atomic E-state index is 13.9. The summed E-state index contributed by atoms with van der Waals surface area (Å²) in [5.41, 5.74) is 0. The minimum atomic E-state index is -4.16. The summed E-state index contributed by atoms with van der Waals surface area (Å²) in [6, 6.07) is 2.33. The van der Waals surface area contributed by atoms with Gasteiger partial charge in [-0.3, -0.25) is 4.79 Å². The van der Waals surface area contributed by atoms with Crippen LogP contribution in [0, 0.1) is 17.6 Å². The average Bonchev–Trinajstić information content (AvgIpc) is 3.15. The Morgan fingerprint density at radius 3 is 2.69 bits per heavy atom. The molecule has 1 saturated heterocycles. The van der Waals surface area contributed by atoms with Crippen LogP contribution in [0.3, 0.4) is 0 Å². The van der Waals surface area contributed by atoms with Gasteiger partial charge in [-0.15, -0.1) is 10.2 Å². The van der Waals surface area contributed by atoms with Crippen LogP contribution in [0.2, 0.25) is 0 Å². The molecule has 2 heterocycles. The molecule has 0 radical (unpaired) electrons. The number of amides is 1. The van der Waals surface area contributed by atoms with Crippen LogP contribution >= 0.6 is 11.3 Å². The summed E-state index contributed by atoms with van der Waals surface area (Å²) in [5, 5.41) is 12.0. The van der Waals surface area contributed by atoms with Crippen LogP contribution in [0.5, 0.6) is 0 Å². The van der Waals surface area contributed by atoms with E-state index >= 15 is 0 Å². The van der Waals surface area contributed by atoms with Crippen molar-refractivity contribution in [1.29, 1.82) is 0 Å². The van der Waals surface area contributed by atoms with E-state index in [0.29, 0.717) is 11.2 Å². The van der Waals surface area contributed by atoms with Crippen LogP contribution in [0.1, 0.15) is 37.6 Å². The normalized spacial score (nSPS) is 16.1. The van der Waals surface area contributed by atoms with Crippen molar-refractivity contribution < 1.29 is 22.0 Å². The summed E-state index contributed by atoms with van der Waals surface area (Å²) >= 11 is 1.33. The Morgan fingerprint density at radius 1 is 1.28 bits per heavy atom. The van der Waals surface area contributed by atoms with E-state index in [1.165, 1.54) is 11.3 Å². The maximum Gasteiger partial charge on any atom is 0.246 e. The molecule has 29 heavy (non-hydrogen) atoms. The summed E-state index contributed by atoms with van der Waals surface area (Å²) in [7, 11) is -4.16. The lowest BCUT2D eigenvalue weighted by molar-refractivity contribution is -0.120. The van der Waals surface area contributed by atoms with Gasteiger partial charge in [0.05, 0.1) is 0 Å². The highest BCUT2D eigenvalue weighted by molar-refractivity contribution is 7.89. The van der Waals surface area contributed by atoms with Gasteiger partial charge in [0.25, 0.3) is 0 Å². The summed E-state index contributed by atoms with van der Waals surface area (Å²) in [4.78, 5) is 11.8. The largest absolute Gasteiger partial charge is 0.300 e. The molecule has 0 bridgehead atoms. The van der Waals surface area contributed by atoms with Gasteiger partial charge in [0.1, 0.15) is 21.5 Å². The van der Waals surface area contributed by atoms with E-state index in [-0.39, 0.29) is 37.8 Å². The van der Waals surface area contributed by atoms with Crippen LogP contribution in [-0.2, 0) is 21.2 Å². The Bertz CT molecular complexity index is 973. The summed E-state index contributed by atoms with van der Waals surface area (Å²) in [6.07, 6.45) is 3.42. The molecule has 158 valence electrons. The van der Waals surface area contributed by atoms with E-state index in [1.807, 2.05) is 0 Å². The van der Waals surface area contributed by atoms with Crippen LogP contribution in [0.15, 0.2) is 23.1 Å². The third kappa shape index (κ3) is 5.14. The van der Waals surface area contributed by atoms with Crippen LogP contribution < -0.4 is 5.32 Å². The quantitative estimate of drug-likeness (QED) is 0.708. The third-order valence-corrected chi connectivity index (χ3v) is 7.59. The lowest BCUT2D eigenvalue weighted by Crippen LogP contribution is -2.41. The molecule has 3 rings (SSSR count). The molecule has 0 saturated carbocycles. The number of benzene rings is 1. The first-order valence-corrected chi connectivity index (χ1v) is 11.7. The highest BCUT2D eigenvalue weighted by Gasteiger charge is 2.34. The van der Waals surface area contributed by atoms with Gasteiger partial charge in [0.15, 0.2) is 0 Å². The number of aryl methyl sites for hydroxylation is 1. The van der Waals surface area contributed by atoms with E-state index in [4.69, 9.17) is 0 Å². The van der Waals surface area contributed by atoms with Crippen molar-refractivity contribution in [3.8, 4) is 0 Å². The fourth-order valence-electron chi connectivity index (χ4n) is 3.11. The number of nitrogens with one attached hydrogen (secondary N) is 1. The zero-order valence-electron chi connectivity index (χ0n) is 15.9. The fourth-order valence-corrected chi connectivity index (χ4v) is 5.44. The second-order valence-corrected chi connectivity index (χ2v) is 9.82. The van der Waals surface area contributed by atoms with Crippen LogP contribution in [0.4, 0.5) is 13.9 Å². The number of carbonyl (C=O) groups is 1. The second-order valence-electron chi connectivity index (χ2n) is 6.85. The van der Waals surface area contributed by atoms with Gasteiger partial charge in [-0.2, -0.15) is 4.31 Å². The monoisotopic (exact) mass is 444 g/mol. The minimum absolute atomic E-state index is 0.0498. The third-order valence-electron chi connectivity index (χ3n) is 4.78. The molecule has 2 aromatic rings. The molecule has 1 fully saturated rings. The molecule has 0 aliphatic carbocycles. The highest BCUT2D eigenvalue weighted by atomic mass is 32.2. The minimum Gasteiger partial charge on any atom is -0.300 e. The van der Waals surface area contributed by atoms with Gasteiger partial charge in [0.2, 0.25) is 21.1 Å². The number of sulfonamides is 1. The molecule has 1 aromatic heterocycles. The van der Waals surface area contributed by atoms with Crippen molar-refractivity contribution in [3.63, 3.8) is 0 Å². The number of piperidine rings is 1. The van der Waals surface area contributed by atoms with Crippen LogP contribution in [0.25, 0.3) is 0 Å². The molecule has 0 unspecified atom stereocenters. The smallest absolute Gasteiger partial charge is 0.246 e. The molecule has 1 aliphatic rings. The highest BCUT2D eigenvalue weighted by Crippen LogP contribution is 2.27. The van der Waals surface area contributed by atoms with Crippen molar-refractivity contribution in [2.24, 2.45) is 5.92 Å². The van der Waals surface area contributed by atoms with E-state index in [2.05, 4.69) is 22.4 Å². The molecule has 11 heteroatoms. The standard InChI is InChI=1S/C18H22F2N4O3S2/c1-2-3-4-16-22-23-18(28-16)21-17(25)12-7-9-24(10-8-12)29(26,27)15-11-13(19)5-6-14(15)20/h5-6,11-12H,2-4,7-10H2,1H3,(H,21,23,25). The topological polar surface area (TPSA) is 92.3 Å². The Kier molecular flexibility index (Phi) is 6.91. The number of anilines is 1. The Balaban J connectivity index is 1.59. The number of halogens is 2.